The number of ether oxygens (including phenoxy) is 4. The highest BCUT2D eigenvalue weighted by Crippen LogP contribution is 2.44. The van der Waals surface area contributed by atoms with E-state index in [-0.39, 0.29) is 0 Å². The maximum absolute atomic E-state index is 6.20. The van der Waals surface area contributed by atoms with Crippen LogP contribution in [-0.2, 0) is 0 Å². The van der Waals surface area contributed by atoms with Crippen LogP contribution >= 0.6 is 0 Å². The molecule has 4 nitrogen and oxygen atoms in total. The minimum atomic E-state index is 0.751. The van der Waals surface area contributed by atoms with E-state index in [1.807, 2.05) is 0 Å². The molecule has 0 bridgehead atoms. The molecule has 0 saturated carbocycles. The van der Waals surface area contributed by atoms with Crippen LogP contribution in [0.1, 0.15) is 79.1 Å². The highest BCUT2D eigenvalue weighted by molar-refractivity contribution is 6.12. The maximum Gasteiger partial charge on any atom is 0.135 e. The van der Waals surface area contributed by atoms with Crippen LogP contribution < -0.4 is 18.9 Å². The topological polar surface area (TPSA) is 36.9 Å². The van der Waals surface area contributed by atoms with E-state index in [0.717, 1.165) is 144 Å². The predicted molar refractivity (Wildman–Crippen MR) is 205 cm³/mol. The molecule has 0 fully saturated rings. The van der Waals surface area contributed by atoms with E-state index in [4.69, 9.17) is 18.9 Å². The van der Waals surface area contributed by atoms with Crippen LogP contribution in [0.4, 0.5) is 0 Å². The van der Waals surface area contributed by atoms with Gasteiger partial charge in [-0.25, -0.2) is 0 Å². The first-order chi connectivity index (χ1) is 23.7. The van der Waals surface area contributed by atoms with E-state index in [9.17, 15) is 0 Å². The van der Waals surface area contributed by atoms with Gasteiger partial charge in [-0.3, -0.25) is 0 Å². The Kier molecular flexibility index (Phi) is 13.2. The van der Waals surface area contributed by atoms with Gasteiger partial charge in [0.15, 0.2) is 0 Å². The van der Waals surface area contributed by atoms with Crippen molar-refractivity contribution in [2.24, 2.45) is 0 Å². The molecule has 0 aliphatic heterocycles. The van der Waals surface area contributed by atoms with Crippen LogP contribution in [0.3, 0.4) is 0 Å². The Balaban J connectivity index is 0.000000188. The van der Waals surface area contributed by atoms with E-state index in [1.165, 1.54) is 0 Å². The van der Waals surface area contributed by atoms with Crippen molar-refractivity contribution in [3.63, 3.8) is 0 Å². The molecule has 0 aromatic heterocycles. The summed E-state index contributed by atoms with van der Waals surface area (Å²) in [6, 6.07) is 33.6. The van der Waals surface area contributed by atoms with E-state index in [0.29, 0.717) is 0 Å². The van der Waals surface area contributed by atoms with Crippen molar-refractivity contribution in [3.05, 3.63) is 97.1 Å². The van der Waals surface area contributed by atoms with Crippen molar-refractivity contribution < 1.29 is 18.9 Å². The van der Waals surface area contributed by atoms with Gasteiger partial charge in [-0.1, -0.05) is 150 Å². The van der Waals surface area contributed by atoms with E-state index >= 15 is 0 Å². The van der Waals surface area contributed by atoms with Gasteiger partial charge in [-0.2, -0.15) is 0 Å². The summed E-state index contributed by atoms with van der Waals surface area (Å²) in [5.41, 5.74) is 0. The second-order valence-corrected chi connectivity index (χ2v) is 12.3. The first-order valence-electron chi connectivity index (χ1n) is 18.1. The lowest BCUT2D eigenvalue weighted by molar-refractivity contribution is 0.311. The van der Waals surface area contributed by atoms with Gasteiger partial charge in [0.05, 0.1) is 26.4 Å². The van der Waals surface area contributed by atoms with Gasteiger partial charge in [-0.05, 0) is 25.7 Å². The Morgan fingerprint density at radius 1 is 0.292 bits per heavy atom. The van der Waals surface area contributed by atoms with E-state index < -0.39 is 0 Å². The fraction of sp³-hybridized carbons (Fsp3) is 0.364. The van der Waals surface area contributed by atoms with Gasteiger partial charge in [-0.15, -0.1) is 0 Å². The smallest absolute Gasteiger partial charge is 0.135 e. The fourth-order valence-corrected chi connectivity index (χ4v) is 5.99. The van der Waals surface area contributed by atoms with Gasteiger partial charge in [0.1, 0.15) is 23.0 Å². The number of hydrogen-bond donors (Lipinski definition) is 0. The third-order valence-electron chi connectivity index (χ3n) is 8.64. The van der Waals surface area contributed by atoms with E-state index in [2.05, 4.69) is 125 Å². The van der Waals surface area contributed by atoms with Crippen molar-refractivity contribution >= 4 is 43.1 Å². The predicted octanol–water partition coefficient (Wildman–Crippen LogP) is 12.7. The van der Waals surface area contributed by atoms with Crippen LogP contribution in [0.15, 0.2) is 97.1 Å². The largest absolute Gasteiger partial charge is 0.492 e. The third-order valence-corrected chi connectivity index (χ3v) is 8.64. The number of hydrogen-bond acceptors (Lipinski definition) is 4. The summed E-state index contributed by atoms with van der Waals surface area (Å²) < 4.78 is 24.8. The Labute approximate surface area is 287 Å². The second-order valence-electron chi connectivity index (χ2n) is 12.3. The number of unbranched alkanes of at least 4 members (excludes halogenated alkanes) is 4. The summed E-state index contributed by atoms with van der Waals surface area (Å²) >= 11 is 0. The molecule has 6 aromatic rings. The quantitative estimate of drug-likeness (QED) is 0.0776. The summed E-state index contributed by atoms with van der Waals surface area (Å²) in [6.45, 7) is 11.7. The lowest BCUT2D eigenvalue weighted by Crippen LogP contribution is -2.01. The molecule has 0 aliphatic rings. The monoisotopic (exact) mass is 644 g/mol. The molecule has 48 heavy (non-hydrogen) atoms. The molecule has 6 rings (SSSR count). The minimum absolute atomic E-state index is 0.751. The van der Waals surface area contributed by atoms with Crippen LogP contribution in [0.2, 0.25) is 0 Å². The van der Waals surface area contributed by atoms with Crippen molar-refractivity contribution in [1.82, 2.24) is 0 Å². The summed E-state index contributed by atoms with van der Waals surface area (Å²) in [4.78, 5) is 0. The van der Waals surface area contributed by atoms with Gasteiger partial charge < -0.3 is 18.9 Å². The molecule has 0 amide bonds. The van der Waals surface area contributed by atoms with Crippen LogP contribution in [0.5, 0.6) is 23.0 Å². The zero-order valence-electron chi connectivity index (χ0n) is 29.4. The highest BCUT2D eigenvalue weighted by Gasteiger charge is 2.17. The highest BCUT2D eigenvalue weighted by atomic mass is 16.5. The molecule has 0 unspecified atom stereocenters. The Bertz CT molecular complexity index is 1500. The van der Waals surface area contributed by atoms with E-state index in [1.54, 1.807) is 0 Å². The number of fused-ring (bicyclic) bond motifs is 4. The average Bonchev–Trinajstić information content (AvgIpc) is 3.13. The summed E-state index contributed by atoms with van der Waals surface area (Å²) in [7, 11) is 0. The lowest BCUT2D eigenvalue weighted by atomic mass is 10.0. The van der Waals surface area contributed by atoms with Gasteiger partial charge in [0.2, 0.25) is 0 Å². The SMILES string of the molecule is CCCCOc1c2ccccc2c(OCCCC)c2ccccc12.CCCCOc1c2ccccc2c(OCCCC)c2ccccc12. The molecule has 0 aliphatic carbocycles. The molecular formula is C44H52O4. The molecule has 4 heteroatoms. The van der Waals surface area contributed by atoms with Gasteiger partial charge in [0, 0.05) is 43.1 Å². The summed E-state index contributed by atoms with van der Waals surface area (Å²) in [5, 5.41) is 9.10. The van der Waals surface area contributed by atoms with Crippen molar-refractivity contribution in [2.45, 2.75) is 79.1 Å². The van der Waals surface area contributed by atoms with Gasteiger partial charge >= 0.3 is 0 Å². The fourth-order valence-electron chi connectivity index (χ4n) is 5.99. The zero-order valence-corrected chi connectivity index (χ0v) is 29.4. The normalized spacial score (nSPS) is 11.1. The summed E-state index contributed by atoms with van der Waals surface area (Å²) in [5.74, 6) is 3.94. The zero-order chi connectivity index (χ0) is 33.6. The van der Waals surface area contributed by atoms with Crippen LogP contribution in [0.25, 0.3) is 43.1 Å². The Hall–Kier alpha value is -4.44. The van der Waals surface area contributed by atoms with Gasteiger partial charge in [0.25, 0.3) is 0 Å². The molecular weight excluding hydrogens is 592 g/mol. The standard InChI is InChI=1S/2C22H26O2/c2*1-3-5-15-23-21-17-11-7-9-13-19(17)22(24-16-6-4-2)20-14-10-8-12-18(20)21/h2*7-14H,3-6,15-16H2,1-2H3. The second kappa shape index (κ2) is 18.2. The average molecular weight is 645 g/mol. The molecule has 0 heterocycles. The summed E-state index contributed by atoms with van der Waals surface area (Å²) in [6.07, 6.45) is 8.80. The molecule has 252 valence electrons. The molecule has 0 saturated heterocycles. The molecule has 0 atom stereocenters. The number of benzene rings is 6. The third kappa shape index (κ3) is 8.16. The molecule has 0 spiro atoms. The first-order valence-corrected chi connectivity index (χ1v) is 18.1. The van der Waals surface area contributed by atoms with Crippen molar-refractivity contribution in [2.75, 3.05) is 26.4 Å². The van der Waals surface area contributed by atoms with Crippen molar-refractivity contribution in [3.8, 4) is 23.0 Å². The molecule has 0 N–H and O–H groups in total. The minimum Gasteiger partial charge on any atom is -0.492 e. The lowest BCUT2D eigenvalue weighted by Gasteiger charge is -2.17. The van der Waals surface area contributed by atoms with Crippen LogP contribution in [0, 0.1) is 0 Å². The molecule has 6 aromatic carbocycles. The maximum atomic E-state index is 6.20. The van der Waals surface area contributed by atoms with Crippen molar-refractivity contribution in [1.29, 1.82) is 0 Å². The van der Waals surface area contributed by atoms with Crippen LogP contribution in [-0.4, -0.2) is 26.4 Å². The molecule has 0 radical (unpaired) electrons. The number of rotatable bonds is 16. The Morgan fingerprint density at radius 3 is 0.604 bits per heavy atom. The first kappa shape index (κ1) is 34.9. The Morgan fingerprint density at radius 2 is 0.458 bits per heavy atom.